The Morgan fingerprint density at radius 3 is 2.67 bits per heavy atom. The third-order valence-electron chi connectivity index (χ3n) is 5.14. The lowest BCUT2D eigenvalue weighted by Crippen LogP contribution is -2.32. The van der Waals surface area contributed by atoms with Crippen LogP contribution in [0.4, 0.5) is 11.4 Å². The molecule has 1 aromatic heterocycles. The maximum absolute atomic E-state index is 12.5. The van der Waals surface area contributed by atoms with Crippen molar-refractivity contribution in [1.82, 2.24) is 5.32 Å². The molecule has 1 saturated heterocycles. The Morgan fingerprint density at radius 1 is 1.12 bits per heavy atom. The third kappa shape index (κ3) is 6.12. The normalized spacial score (nSPS) is 15.4. The molecule has 1 fully saturated rings. The van der Waals surface area contributed by atoms with Crippen molar-refractivity contribution in [2.24, 2.45) is 5.92 Å². The highest BCUT2D eigenvalue weighted by atomic mass is 35.5. The van der Waals surface area contributed by atoms with Gasteiger partial charge in [0.15, 0.2) is 6.61 Å². The molecular formula is C24H22ClN3O4S. The summed E-state index contributed by atoms with van der Waals surface area (Å²) in [7, 11) is 0. The molecule has 4 rings (SSSR count). The number of halogens is 1. The topological polar surface area (TPSA) is 87.7 Å². The second kappa shape index (κ2) is 10.5. The van der Waals surface area contributed by atoms with Crippen molar-refractivity contribution >= 4 is 52.0 Å². The molecule has 3 aromatic rings. The van der Waals surface area contributed by atoms with Gasteiger partial charge in [0.2, 0.25) is 11.8 Å². The summed E-state index contributed by atoms with van der Waals surface area (Å²) < 4.78 is 5.53. The van der Waals surface area contributed by atoms with E-state index in [1.165, 1.54) is 0 Å². The lowest BCUT2D eigenvalue weighted by molar-refractivity contribution is -0.126. The Morgan fingerprint density at radius 2 is 1.94 bits per heavy atom. The third-order valence-corrected chi connectivity index (χ3v) is 6.25. The highest BCUT2D eigenvalue weighted by Gasteiger charge is 2.35. The first-order chi connectivity index (χ1) is 16.0. The fourth-order valence-corrected chi connectivity index (χ4v) is 4.33. The first kappa shape index (κ1) is 22.8. The Bertz CT molecular complexity index is 1130. The van der Waals surface area contributed by atoms with E-state index in [4.69, 9.17) is 16.3 Å². The van der Waals surface area contributed by atoms with Gasteiger partial charge in [-0.1, -0.05) is 23.7 Å². The summed E-state index contributed by atoms with van der Waals surface area (Å²) in [4.78, 5) is 39.7. The van der Waals surface area contributed by atoms with Crippen molar-refractivity contribution in [3.05, 3.63) is 75.9 Å². The minimum absolute atomic E-state index is 0.0964. The van der Waals surface area contributed by atoms with E-state index in [2.05, 4.69) is 10.6 Å². The monoisotopic (exact) mass is 483 g/mol. The number of thiophene rings is 1. The van der Waals surface area contributed by atoms with E-state index in [-0.39, 0.29) is 36.7 Å². The number of carbonyl (C=O) groups excluding carboxylic acids is 3. The number of rotatable bonds is 8. The van der Waals surface area contributed by atoms with E-state index in [0.29, 0.717) is 35.2 Å². The summed E-state index contributed by atoms with van der Waals surface area (Å²) in [6.07, 6.45) is 0.179. The Kier molecular flexibility index (Phi) is 7.26. The number of nitrogens with zero attached hydrogens (tertiary/aromatic N) is 1. The van der Waals surface area contributed by atoms with Crippen molar-refractivity contribution in [1.29, 1.82) is 0 Å². The van der Waals surface area contributed by atoms with Crippen LogP contribution in [0.5, 0.6) is 5.75 Å². The number of hydrogen-bond acceptors (Lipinski definition) is 5. The molecular weight excluding hydrogens is 462 g/mol. The van der Waals surface area contributed by atoms with Crippen LogP contribution in [-0.2, 0) is 20.9 Å². The van der Waals surface area contributed by atoms with Crippen LogP contribution in [0.3, 0.4) is 0 Å². The van der Waals surface area contributed by atoms with Crippen molar-refractivity contribution in [3.63, 3.8) is 0 Å². The summed E-state index contributed by atoms with van der Waals surface area (Å²) in [6.45, 7) is 0.635. The summed E-state index contributed by atoms with van der Waals surface area (Å²) in [5.41, 5.74) is 1.28. The molecule has 7 nitrogen and oxygen atoms in total. The lowest BCUT2D eigenvalue weighted by atomic mass is 10.1. The number of hydrogen-bond donors (Lipinski definition) is 2. The zero-order valence-electron chi connectivity index (χ0n) is 17.6. The highest BCUT2D eigenvalue weighted by Crippen LogP contribution is 2.27. The number of benzene rings is 2. The largest absolute Gasteiger partial charge is 0.484 e. The molecule has 0 bridgehead atoms. The minimum atomic E-state index is -0.386. The standard InChI is InChI=1S/C24H22ClN3O4S/c25-17-3-1-4-18(12-17)27-22(29)15-32-20-8-6-19(7-9-20)28-14-16(11-23(28)30)24(31)26-13-21-5-2-10-33-21/h1-10,12,16H,11,13-15H2,(H,26,31)(H,27,29)/t16-/m1/s1. The molecule has 170 valence electrons. The molecule has 0 spiro atoms. The number of anilines is 2. The Hall–Kier alpha value is -3.36. The molecule has 9 heteroatoms. The first-order valence-electron chi connectivity index (χ1n) is 10.4. The minimum Gasteiger partial charge on any atom is -0.484 e. The van der Waals surface area contributed by atoms with Crippen LogP contribution in [-0.4, -0.2) is 30.9 Å². The van der Waals surface area contributed by atoms with E-state index in [1.807, 2.05) is 17.5 Å². The highest BCUT2D eigenvalue weighted by molar-refractivity contribution is 7.09. The average molecular weight is 484 g/mol. The van der Waals surface area contributed by atoms with E-state index in [1.54, 1.807) is 64.8 Å². The van der Waals surface area contributed by atoms with Crippen molar-refractivity contribution in [3.8, 4) is 5.75 Å². The molecule has 2 heterocycles. The van der Waals surface area contributed by atoms with Crippen LogP contribution < -0.4 is 20.3 Å². The van der Waals surface area contributed by atoms with Gasteiger partial charge in [-0.2, -0.15) is 0 Å². The molecule has 0 radical (unpaired) electrons. The van der Waals surface area contributed by atoms with Gasteiger partial charge in [0.05, 0.1) is 12.5 Å². The van der Waals surface area contributed by atoms with Crippen LogP contribution in [0.2, 0.25) is 5.02 Å². The smallest absolute Gasteiger partial charge is 0.262 e. The maximum Gasteiger partial charge on any atom is 0.262 e. The van der Waals surface area contributed by atoms with Gasteiger partial charge < -0.3 is 20.3 Å². The van der Waals surface area contributed by atoms with Gasteiger partial charge in [-0.3, -0.25) is 14.4 Å². The summed E-state index contributed by atoms with van der Waals surface area (Å²) in [5.74, 6) is -0.418. The molecule has 0 unspecified atom stereocenters. The molecule has 1 atom stereocenters. The summed E-state index contributed by atoms with van der Waals surface area (Å²) in [6, 6.07) is 17.6. The van der Waals surface area contributed by atoms with Gasteiger partial charge in [0.1, 0.15) is 5.75 Å². The second-order valence-corrected chi connectivity index (χ2v) is 9.01. The molecule has 1 aliphatic heterocycles. The number of ether oxygens (including phenoxy) is 1. The Balaban J connectivity index is 1.27. The van der Waals surface area contributed by atoms with Gasteiger partial charge in [-0.15, -0.1) is 11.3 Å². The molecule has 33 heavy (non-hydrogen) atoms. The summed E-state index contributed by atoms with van der Waals surface area (Å²) >= 11 is 7.49. The molecule has 2 aromatic carbocycles. The van der Waals surface area contributed by atoms with Gasteiger partial charge >= 0.3 is 0 Å². The van der Waals surface area contributed by atoms with E-state index in [0.717, 1.165) is 4.88 Å². The molecule has 1 aliphatic rings. The van der Waals surface area contributed by atoms with Gasteiger partial charge in [-0.05, 0) is 53.9 Å². The Labute approximate surface area is 200 Å². The maximum atomic E-state index is 12.5. The van der Waals surface area contributed by atoms with Crippen LogP contribution in [0.15, 0.2) is 66.0 Å². The van der Waals surface area contributed by atoms with E-state index in [9.17, 15) is 14.4 Å². The predicted molar refractivity (Wildman–Crippen MR) is 129 cm³/mol. The lowest BCUT2D eigenvalue weighted by Gasteiger charge is -2.17. The molecule has 3 amide bonds. The number of carbonyl (C=O) groups is 3. The zero-order valence-corrected chi connectivity index (χ0v) is 19.2. The quantitative estimate of drug-likeness (QED) is 0.505. The molecule has 2 N–H and O–H groups in total. The molecule has 0 saturated carbocycles. The van der Waals surface area contributed by atoms with Crippen molar-refractivity contribution in [2.45, 2.75) is 13.0 Å². The first-order valence-corrected chi connectivity index (χ1v) is 11.6. The summed E-state index contributed by atoms with van der Waals surface area (Å²) in [5, 5.41) is 8.11. The molecule has 0 aliphatic carbocycles. The predicted octanol–water partition coefficient (Wildman–Crippen LogP) is 4.09. The van der Waals surface area contributed by atoms with Crippen molar-refractivity contribution in [2.75, 3.05) is 23.4 Å². The fraction of sp³-hybridized carbons (Fsp3) is 0.208. The van der Waals surface area contributed by atoms with Gasteiger partial charge in [0, 0.05) is 34.2 Å². The average Bonchev–Trinajstić information content (AvgIpc) is 3.46. The van der Waals surface area contributed by atoms with Gasteiger partial charge in [-0.25, -0.2) is 0 Å². The van der Waals surface area contributed by atoms with Crippen LogP contribution in [0.25, 0.3) is 0 Å². The number of nitrogens with one attached hydrogen (secondary N) is 2. The SMILES string of the molecule is O=C(COc1ccc(N2C[C@H](C(=O)NCc3cccs3)CC2=O)cc1)Nc1cccc(Cl)c1. The second-order valence-electron chi connectivity index (χ2n) is 7.54. The zero-order chi connectivity index (χ0) is 23.2. The fourth-order valence-electron chi connectivity index (χ4n) is 3.50. The van der Waals surface area contributed by atoms with Crippen LogP contribution in [0, 0.1) is 5.92 Å². The van der Waals surface area contributed by atoms with Crippen molar-refractivity contribution < 1.29 is 19.1 Å². The van der Waals surface area contributed by atoms with Gasteiger partial charge in [0.25, 0.3) is 5.91 Å². The van der Waals surface area contributed by atoms with E-state index >= 15 is 0 Å². The van der Waals surface area contributed by atoms with E-state index < -0.39 is 0 Å². The van der Waals surface area contributed by atoms with Crippen LogP contribution >= 0.6 is 22.9 Å². The number of amides is 3. The van der Waals surface area contributed by atoms with Crippen LogP contribution in [0.1, 0.15) is 11.3 Å².